The van der Waals surface area contributed by atoms with E-state index in [0.717, 1.165) is 57.2 Å². The van der Waals surface area contributed by atoms with Gasteiger partial charge in [-0.05, 0) is 37.7 Å². The number of nitrogens with one attached hydrogen (secondary N) is 2. The number of hydrogen-bond acceptors (Lipinski definition) is 6. The number of nitrogens with zero attached hydrogens (tertiary/aromatic N) is 3. The average molecular weight is 375 g/mol. The Labute approximate surface area is 159 Å². The zero-order chi connectivity index (χ0) is 19.5. The minimum Gasteiger partial charge on any atom is -0.481 e. The third-order valence-electron chi connectivity index (χ3n) is 4.55. The number of carboxylic acids is 1. The Balaban J connectivity index is 1.64. The van der Waals surface area contributed by atoms with E-state index >= 15 is 0 Å². The van der Waals surface area contributed by atoms with Gasteiger partial charge in [0.15, 0.2) is 5.96 Å². The van der Waals surface area contributed by atoms with Crippen LogP contribution in [0.5, 0.6) is 0 Å². The van der Waals surface area contributed by atoms with Crippen molar-refractivity contribution in [2.24, 2.45) is 4.99 Å². The Kier molecular flexibility index (Phi) is 8.67. The molecule has 1 atom stereocenters. The fourth-order valence-electron chi connectivity index (χ4n) is 3.05. The maximum Gasteiger partial charge on any atom is 0.303 e. The summed E-state index contributed by atoms with van der Waals surface area (Å²) in [7, 11) is 0. The number of guanidine groups is 1. The van der Waals surface area contributed by atoms with Crippen LogP contribution in [-0.2, 0) is 9.59 Å². The van der Waals surface area contributed by atoms with Crippen LogP contribution >= 0.6 is 0 Å². The third kappa shape index (κ3) is 8.15. The Morgan fingerprint density at radius 3 is 2.63 bits per heavy atom. The van der Waals surface area contributed by atoms with Gasteiger partial charge < -0.3 is 10.4 Å². The third-order valence-corrected chi connectivity index (χ3v) is 4.55. The molecule has 0 bridgehead atoms. The quantitative estimate of drug-likeness (QED) is 0.540. The summed E-state index contributed by atoms with van der Waals surface area (Å²) < 4.78 is 0. The van der Waals surface area contributed by atoms with Crippen LogP contribution in [-0.4, -0.2) is 46.0 Å². The molecule has 0 radical (unpaired) electrons. The van der Waals surface area contributed by atoms with Gasteiger partial charge in [0.05, 0.1) is 6.42 Å². The number of aliphatic imine (C=N–C) groups is 1. The van der Waals surface area contributed by atoms with Crippen LogP contribution in [0.2, 0.25) is 0 Å². The molecule has 1 amide bonds. The number of amides is 1. The molecule has 0 saturated heterocycles. The van der Waals surface area contributed by atoms with E-state index in [1.807, 2.05) is 6.92 Å². The lowest BCUT2D eigenvalue weighted by atomic mass is 9.92. The summed E-state index contributed by atoms with van der Waals surface area (Å²) in [6, 6.07) is 0. The standard InChI is InChI=1S/C19H29N5O3/c1-14-22-12-16(13-23-14)15(11-18(26)27)7-4-2-3-5-8-17(25)24-19-20-9-6-10-21-19/h12-13,15H,2-11H2,1H3,(H,26,27)(H2,20,21,24,25)/t15-/m0/s1. The summed E-state index contributed by atoms with van der Waals surface area (Å²) in [6.07, 6.45) is 9.44. The second-order valence-corrected chi connectivity index (χ2v) is 6.87. The van der Waals surface area contributed by atoms with Gasteiger partial charge in [0.25, 0.3) is 0 Å². The molecular weight excluding hydrogens is 346 g/mol. The smallest absolute Gasteiger partial charge is 0.303 e. The molecule has 1 aromatic rings. The number of carbonyl (C=O) groups excluding carboxylic acids is 1. The Morgan fingerprint density at radius 1 is 1.22 bits per heavy atom. The van der Waals surface area contributed by atoms with Gasteiger partial charge in [-0.2, -0.15) is 0 Å². The van der Waals surface area contributed by atoms with Gasteiger partial charge in [-0.3, -0.25) is 19.9 Å². The molecule has 8 nitrogen and oxygen atoms in total. The van der Waals surface area contributed by atoms with E-state index in [4.69, 9.17) is 5.11 Å². The maximum atomic E-state index is 11.9. The van der Waals surface area contributed by atoms with Crippen LogP contribution in [0.25, 0.3) is 0 Å². The van der Waals surface area contributed by atoms with Gasteiger partial charge in [0.2, 0.25) is 5.91 Å². The van der Waals surface area contributed by atoms with Crippen LogP contribution in [0.1, 0.15) is 68.7 Å². The summed E-state index contributed by atoms with van der Waals surface area (Å²) in [4.78, 5) is 35.6. The molecule has 1 aliphatic heterocycles. The Hall–Kier alpha value is -2.51. The molecule has 2 rings (SSSR count). The van der Waals surface area contributed by atoms with Gasteiger partial charge in [0, 0.05) is 31.9 Å². The lowest BCUT2D eigenvalue weighted by Gasteiger charge is -2.15. The van der Waals surface area contributed by atoms with E-state index in [0.29, 0.717) is 18.2 Å². The first-order chi connectivity index (χ1) is 13.0. The highest BCUT2D eigenvalue weighted by atomic mass is 16.4. The van der Waals surface area contributed by atoms with Gasteiger partial charge >= 0.3 is 5.97 Å². The van der Waals surface area contributed by atoms with E-state index < -0.39 is 5.97 Å². The molecule has 0 saturated carbocycles. The Bertz CT molecular complexity index is 645. The summed E-state index contributed by atoms with van der Waals surface area (Å²) in [6.45, 7) is 3.41. The number of rotatable bonds is 10. The number of aliphatic carboxylic acids is 1. The highest BCUT2D eigenvalue weighted by molar-refractivity contribution is 5.97. The lowest BCUT2D eigenvalue weighted by Crippen LogP contribution is -2.43. The molecule has 0 fully saturated rings. The van der Waals surface area contributed by atoms with Crippen molar-refractivity contribution >= 4 is 17.8 Å². The lowest BCUT2D eigenvalue weighted by molar-refractivity contribution is -0.137. The van der Waals surface area contributed by atoms with Crippen molar-refractivity contribution < 1.29 is 14.7 Å². The summed E-state index contributed by atoms with van der Waals surface area (Å²) in [5.74, 6) is 0.380. The first-order valence-electron chi connectivity index (χ1n) is 9.63. The number of carbonyl (C=O) groups is 2. The van der Waals surface area contributed by atoms with Crippen molar-refractivity contribution in [3.05, 3.63) is 23.8 Å². The molecule has 0 unspecified atom stereocenters. The van der Waals surface area contributed by atoms with Crippen molar-refractivity contribution in [1.82, 2.24) is 20.6 Å². The molecule has 0 aliphatic carbocycles. The molecule has 27 heavy (non-hydrogen) atoms. The van der Waals surface area contributed by atoms with Gasteiger partial charge in [-0.15, -0.1) is 0 Å². The minimum atomic E-state index is -0.809. The monoisotopic (exact) mass is 375 g/mol. The van der Waals surface area contributed by atoms with E-state index in [9.17, 15) is 9.59 Å². The predicted molar refractivity (Wildman–Crippen MR) is 103 cm³/mol. The Morgan fingerprint density at radius 2 is 1.96 bits per heavy atom. The highest BCUT2D eigenvalue weighted by Gasteiger charge is 2.16. The summed E-state index contributed by atoms with van der Waals surface area (Å²) in [5, 5.41) is 15.0. The van der Waals surface area contributed by atoms with Crippen molar-refractivity contribution in [2.75, 3.05) is 13.1 Å². The highest BCUT2D eigenvalue weighted by Crippen LogP contribution is 2.25. The molecule has 1 aliphatic rings. The van der Waals surface area contributed by atoms with Crippen molar-refractivity contribution in [3.63, 3.8) is 0 Å². The fourth-order valence-corrected chi connectivity index (χ4v) is 3.05. The summed E-state index contributed by atoms with van der Waals surface area (Å²) in [5.41, 5.74) is 0.878. The number of unbranched alkanes of at least 4 members (excludes halogenated alkanes) is 3. The minimum absolute atomic E-state index is 0.0105. The zero-order valence-corrected chi connectivity index (χ0v) is 15.9. The number of carboxylic acid groups (broad SMARTS) is 1. The molecular formula is C19H29N5O3. The van der Waals surface area contributed by atoms with Crippen LogP contribution in [0.3, 0.4) is 0 Å². The van der Waals surface area contributed by atoms with Crippen molar-refractivity contribution in [3.8, 4) is 0 Å². The van der Waals surface area contributed by atoms with E-state index in [1.54, 1.807) is 12.4 Å². The maximum absolute atomic E-state index is 11.9. The molecule has 0 aromatic carbocycles. The van der Waals surface area contributed by atoms with Gasteiger partial charge in [-0.25, -0.2) is 9.97 Å². The number of aromatic nitrogens is 2. The average Bonchev–Trinajstić information content (AvgIpc) is 2.64. The van der Waals surface area contributed by atoms with Gasteiger partial charge in [0.1, 0.15) is 5.82 Å². The summed E-state index contributed by atoms with van der Waals surface area (Å²) >= 11 is 0. The van der Waals surface area contributed by atoms with Crippen LogP contribution < -0.4 is 10.6 Å². The molecule has 8 heteroatoms. The number of hydrogen-bond donors (Lipinski definition) is 3. The topological polar surface area (TPSA) is 117 Å². The van der Waals surface area contributed by atoms with Crippen LogP contribution in [0.15, 0.2) is 17.4 Å². The van der Waals surface area contributed by atoms with E-state index in [1.165, 1.54) is 0 Å². The normalized spacial score (nSPS) is 14.8. The first kappa shape index (κ1) is 20.8. The largest absolute Gasteiger partial charge is 0.481 e. The zero-order valence-electron chi connectivity index (χ0n) is 15.9. The molecule has 148 valence electrons. The predicted octanol–water partition coefficient (Wildman–Crippen LogP) is 2.15. The second kappa shape index (κ2) is 11.3. The molecule has 3 N–H and O–H groups in total. The van der Waals surface area contributed by atoms with E-state index in [-0.39, 0.29) is 18.2 Å². The molecule has 1 aromatic heterocycles. The first-order valence-corrected chi connectivity index (χ1v) is 9.63. The van der Waals surface area contributed by atoms with E-state index in [2.05, 4.69) is 25.6 Å². The number of aryl methyl sites for hydroxylation is 1. The second-order valence-electron chi connectivity index (χ2n) is 6.87. The van der Waals surface area contributed by atoms with Crippen molar-refractivity contribution in [2.45, 2.75) is 64.2 Å². The SMILES string of the molecule is Cc1ncc([C@@H](CCCCCCC(=O)NC2=NCCCN2)CC(=O)O)cn1. The van der Waals surface area contributed by atoms with Gasteiger partial charge in [-0.1, -0.05) is 19.3 Å². The van der Waals surface area contributed by atoms with Crippen LogP contribution in [0.4, 0.5) is 0 Å². The molecule has 0 spiro atoms. The molecule has 2 heterocycles. The van der Waals surface area contributed by atoms with Crippen molar-refractivity contribution in [1.29, 1.82) is 0 Å². The van der Waals surface area contributed by atoms with Crippen LogP contribution in [0, 0.1) is 6.92 Å². The fraction of sp³-hybridized carbons (Fsp3) is 0.632.